The lowest BCUT2D eigenvalue weighted by Crippen LogP contribution is -2.49. The molecule has 0 aliphatic carbocycles. The molecule has 1 aliphatic rings. The molecule has 0 spiro atoms. The fraction of sp³-hybridized carbons (Fsp3) is 0.677. The second kappa shape index (κ2) is 24.5. The fourth-order valence-corrected chi connectivity index (χ4v) is 6.26. The number of benzene rings is 1. The molecular formula is C31H54N5O9P. The van der Waals surface area contributed by atoms with Crippen molar-refractivity contribution < 1.29 is 44.5 Å². The minimum absolute atomic E-state index is 0.229. The van der Waals surface area contributed by atoms with E-state index in [0.29, 0.717) is 52.4 Å². The number of unbranched alkanes of at least 4 members (excludes halogenated alkanes) is 2. The number of nitrogens with zero attached hydrogens (tertiary/aromatic N) is 4. The van der Waals surface area contributed by atoms with Gasteiger partial charge in [0, 0.05) is 60.5 Å². The van der Waals surface area contributed by atoms with Crippen LogP contribution in [-0.2, 0) is 25.6 Å². The van der Waals surface area contributed by atoms with Crippen molar-refractivity contribution in [1.82, 2.24) is 19.6 Å². The topological polar surface area (TPSA) is 208 Å². The quantitative estimate of drug-likeness (QED) is 0.101. The molecule has 0 bridgehead atoms. The van der Waals surface area contributed by atoms with Crippen LogP contribution in [0, 0.1) is 6.92 Å². The monoisotopic (exact) mass is 671 g/mol. The van der Waals surface area contributed by atoms with Gasteiger partial charge in [0.05, 0.1) is 26.2 Å². The predicted molar refractivity (Wildman–Crippen MR) is 178 cm³/mol. The van der Waals surface area contributed by atoms with Gasteiger partial charge >= 0.3 is 23.9 Å². The molecule has 1 heterocycles. The van der Waals surface area contributed by atoms with Gasteiger partial charge in [0.15, 0.2) is 0 Å². The van der Waals surface area contributed by atoms with Crippen LogP contribution >= 0.6 is 8.15 Å². The third-order valence-electron chi connectivity index (χ3n) is 7.49. The summed E-state index contributed by atoms with van der Waals surface area (Å²) in [5.74, 6) is -4.08. The number of hydrogen-bond donors (Lipinski definition) is 6. The maximum atomic E-state index is 11.1. The van der Waals surface area contributed by atoms with Gasteiger partial charge in [-0.3, -0.25) is 38.8 Å². The minimum atomic E-state index is -1.02. The molecule has 1 aliphatic heterocycles. The average Bonchev–Trinajstić information content (AvgIpc) is 2.97. The summed E-state index contributed by atoms with van der Waals surface area (Å²) < 4.78 is 0. The highest BCUT2D eigenvalue weighted by molar-refractivity contribution is 7.51. The van der Waals surface area contributed by atoms with Crippen LogP contribution in [0.5, 0.6) is 0 Å². The zero-order chi connectivity index (χ0) is 34.3. The lowest BCUT2D eigenvalue weighted by atomic mass is 10.1. The van der Waals surface area contributed by atoms with E-state index in [-0.39, 0.29) is 26.2 Å². The molecule has 0 saturated carbocycles. The van der Waals surface area contributed by atoms with Crippen LogP contribution in [0.25, 0.3) is 0 Å². The first-order chi connectivity index (χ1) is 21.9. The van der Waals surface area contributed by atoms with E-state index in [4.69, 9.17) is 26.2 Å². The SMILES string of the molecule is Cc1ccc(CCCP(O)CCCCCN)cc1.O=C(O)CN1CCN(CC(=O)O)CCN(CC(=O)O)CCN(CC(=O)O)CC1. The van der Waals surface area contributed by atoms with Gasteiger partial charge in [0.2, 0.25) is 0 Å². The van der Waals surface area contributed by atoms with Crippen molar-refractivity contribution in [3.63, 3.8) is 0 Å². The van der Waals surface area contributed by atoms with Gasteiger partial charge in [-0.15, -0.1) is 0 Å². The van der Waals surface area contributed by atoms with E-state index < -0.39 is 32.0 Å². The standard InChI is InChI=1S/C16H28N4O8.C15H26NOP/c21-13(22)9-17-1-2-18(10-14(23)24)5-6-20(12-16(27)28)8-7-19(4-3-17)11-15(25)26;1-14-7-9-15(10-8-14)6-5-13-18(17)12-4-2-3-11-16/h1-12H2,(H,21,22)(H,23,24)(H,25,26)(H,27,28);7-10,17H,2-6,11-13,16H2,1H3. The average molecular weight is 672 g/mol. The van der Waals surface area contributed by atoms with Crippen molar-refractivity contribution in [2.45, 2.75) is 39.0 Å². The molecule has 1 fully saturated rings. The molecule has 7 N–H and O–H groups in total. The highest BCUT2D eigenvalue weighted by Gasteiger charge is 2.20. The van der Waals surface area contributed by atoms with Gasteiger partial charge in [-0.25, -0.2) is 0 Å². The molecule has 1 unspecified atom stereocenters. The van der Waals surface area contributed by atoms with Crippen LogP contribution < -0.4 is 5.73 Å². The van der Waals surface area contributed by atoms with Crippen LogP contribution in [0.15, 0.2) is 24.3 Å². The normalized spacial score (nSPS) is 16.8. The molecule has 1 aromatic rings. The summed E-state index contributed by atoms with van der Waals surface area (Å²) in [6, 6.07) is 8.69. The number of nitrogens with two attached hydrogens (primary N) is 1. The molecule has 0 radical (unpaired) electrons. The molecule has 0 amide bonds. The van der Waals surface area contributed by atoms with E-state index >= 15 is 0 Å². The highest BCUT2D eigenvalue weighted by Crippen LogP contribution is 2.32. The van der Waals surface area contributed by atoms with Gasteiger partial charge in [0.25, 0.3) is 0 Å². The van der Waals surface area contributed by atoms with E-state index in [9.17, 15) is 24.1 Å². The van der Waals surface area contributed by atoms with Gasteiger partial charge in [-0.2, -0.15) is 0 Å². The Morgan fingerprint density at radius 1 is 0.609 bits per heavy atom. The zero-order valence-corrected chi connectivity index (χ0v) is 28.0. The molecular weight excluding hydrogens is 617 g/mol. The summed E-state index contributed by atoms with van der Waals surface area (Å²) in [4.78, 5) is 60.8. The molecule has 1 saturated heterocycles. The summed E-state index contributed by atoms with van der Waals surface area (Å²) >= 11 is 0. The third-order valence-corrected chi connectivity index (χ3v) is 9.15. The van der Waals surface area contributed by atoms with Gasteiger partial charge < -0.3 is 31.1 Å². The van der Waals surface area contributed by atoms with Crippen LogP contribution in [0.1, 0.15) is 36.8 Å². The first kappa shape index (κ1) is 41.3. The molecule has 15 heteroatoms. The summed E-state index contributed by atoms with van der Waals surface area (Å²) in [5.41, 5.74) is 8.13. The van der Waals surface area contributed by atoms with Gasteiger partial charge in [-0.1, -0.05) is 36.2 Å². The number of rotatable bonds is 17. The largest absolute Gasteiger partial charge is 0.480 e. The number of carboxylic acids is 4. The summed E-state index contributed by atoms with van der Waals surface area (Å²) in [7, 11) is -0.740. The van der Waals surface area contributed by atoms with E-state index in [1.54, 1.807) is 19.6 Å². The molecule has 14 nitrogen and oxygen atoms in total. The van der Waals surface area contributed by atoms with Gasteiger partial charge in [0.1, 0.15) is 0 Å². The number of carboxylic acid groups (broad SMARTS) is 4. The van der Waals surface area contributed by atoms with E-state index in [2.05, 4.69) is 31.2 Å². The smallest absolute Gasteiger partial charge is 0.317 e. The van der Waals surface area contributed by atoms with Gasteiger partial charge in [-0.05, 0) is 57.0 Å². The zero-order valence-electron chi connectivity index (χ0n) is 27.1. The number of carbonyl (C=O) groups is 4. The maximum absolute atomic E-state index is 11.1. The Morgan fingerprint density at radius 3 is 1.28 bits per heavy atom. The molecule has 2 rings (SSSR count). The van der Waals surface area contributed by atoms with Crippen molar-refractivity contribution in [3.05, 3.63) is 35.4 Å². The summed E-state index contributed by atoms with van der Waals surface area (Å²) in [6.45, 7) is 4.41. The number of aliphatic carboxylic acids is 4. The molecule has 1 atom stereocenters. The first-order valence-corrected chi connectivity index (χ1v) is 17.5. The second-order valence-corrected chi connectivity index (χ2v) is 13.5. The second-order valence-electron chi connectivity index (χ2n) is 11.6. The number of hydrogen-bond acceptors (Lipinski definition) is 10. The molecule has 262 valence electrons. The molecule has 1 aromatic carbocycles. The number of aryl methyl sites for hydroxylation is 2. The lowest BCUT2D eigenvalue weighted by Gasteiger charge is -2.32. The Kier molecular flexibility index (Phi) is 22.0. The molecule has 46 heavy (non-hydrogen) atoms. The van der Waals surface area contributed by atoms with Crippen LogP contribution in [0.4, 0.5) is 0 Å². The Hall–Kier alpha value is -2.71. The first-order valence-electron chi connectivity index (χ1n) is 15.8. The van der Waals surface area contributed by atoms with Crippen LogP contribution in [0.2, 0.25) is 0 Å². The maximum Gasteiger partial charge on any atom is 0.317 e. The molecule has 0 aromatic heterocycles. The summed E-state index contributed by atoms with van der Waals surface area (Å²) in [5, 5.41) is 36.3. The Bertz CT molecular complexity index is 922. The Labute approximate surface area is 273 Å². The van der Waals surface area contributed by atoms with Crippen molar-refractivity contribution in [1.29, 1.82) is 0 Å². The van der Waals surface area contributed by atoms with Crippen molar-refractivity contribution >= 4 is 32.0 Å². The minimum Gasteiger partial charge on any atom is -0.480 e. The lowest BCUT2D eigenvalue weighted by molar-refractivity contribution is -0.141. The van der Waals surface area contributed by atoms with Crippen molar-refractivity contribution in [2.75, 3.05) is 97.4 Å². The Morgan fingerprint density at radius 2 is 0.957 bits per heavy atom. The summed E-state index contributed by atoms with van der Waals surface area (Å²) in [6.07, 6.45) is 7.53. The van der Waals surface area contributed by atoms with Crippen LogP contribution in [-0.4, -0.2) is 166 Å². The predicted octanol–water partition coefficient (Wildman–Crippen LogP) is 0.992. The van der Waals surface area contributed by atoms with Crippen LogP contribution in [0.3, 0.4) is 0 Å². The third kappa shape index (κ3) is 21.9. The van der Waals surface area contributed by atoms with Crippen molar-refractivity contribution in [2.24, 2.45) is 5.73 Å². The fourth-order valence-electron chi connectivity index (χ4n) is 4.92. The Balaban J connectivity index is 0.000000506. The van der Waals surface area contributed by atoms with E-state index in [1.165, 1.54) is 11.1 Å². The van der Waals surface area contributed by atoms with E-state index in [0.717, 1.165) is 51.0 Å². The highest BCUT2D eigenvalue weighted by atomic mass is 31.1. The van der Waals surface area contributed by atoms with Crippen molar-refractivity contribution in [3.8, 4) is 0 Å². The van der Waals surface area contributed by atoms with E-state index in [1.807, 2.05) is 0 Å².